The van der Waals surface area contributed by atoms with Crippen LogP contribution in [0, 0.1) is 6.92 Å². The van der Waals surface area contributed by atoms with Gasteiger partial charge < -0.3 is 4.74 Å². The van der Waals surface area contributed by atoms with Crippen LogP contribution >= 0.6 is 23.2 Å². The van der Waals surface area contributed by atoms with Gasteiger partial charge in [0.25, 0.3) is 0 Å². The van der Waals surface area contributed by atoms with Crippen molar-refractivity contribution in [3.05, 3.63) is 69.2 Å². The van der Waals surface area contributed by atoms with Crippen LogP contribution in [0.25, 0.3) is 0 Å². The molecule has 0 aromatic heterocycles. The summed E-state index contributed by atoms with van der Waals surface area (Å²) < 4.78 is 5.84. The fourth-order valence-electron chi connectivity index (χ4n) is 2.61. The monoisotopic (exact) mass is 321 g/mol. The molecule has 1 aliphatic rings. The molecular formula is C17H17Cl2NO. The molecule has 0 bridgehead atoms. The molecule has 2 atom stereocenters. The molecule has 0 spiro atoms. The summed E-state index contributed by atoms with van der Waals surface area (Å²) in [6.07, 6.45) is 0.979. The Kier molecular flexibility index (Phi) is 4.51. The average molecular weight is 322 g/mol. The summed E-state index contributed by atoms with van der Waals surface area (Å²) in [6.45, 7) is 2.62. The molecule has 1 N–H and O–H groups in total. The predicted molar refractivity (Wildman–Crippen MR) is 86.8 cm³/mol. The Morgan fingerprint density at radius 1 is 1.00 bits per heavy atom. The lowest BCUT2D eigenvalue weighted by Gasteiger charge is -2.31. The van der Waals surface area contributed by atoms with Crippen molar-refractivity contribution in [2.75, 3.05) is 6.73 Å². The lowest BCUT2D eigenvalue weighted by Crippen LogP contribution is -2.32. The summed E-state index contributed by atoms with van der Waals surface area (Å²) in [5, 5.41) is 4.55. The normalized spacial score (nSPS) is 22.2. The molecule has 0 unspecified atom stereocenters. The van der Waals surface area contributed by atoms with Gasteiger partial charge in [0.1, 0.15) is 0 Å². The zero-order chi connectivity index (χ0) is 14.8. The first kappa shape index (κ1) is 14.9. The first-order valence-corrected chi connectivity index (χ1v) is 7.75. The van der Waals surface area contributed by atoms with Crippen LogP contribution < -0.4 is 5.32 Å². The molecule has 2 nitrogen and oxygen atoms in total. The summed E-state index contributed by atoms with van der Waals surface area (Å²) >= 11 is 12.1. The van der Waals surface area contributed by atoms with Crippen LogP contribution in [-0.4, -0.2) is 6.73 Å². The molecule has 2 aromatic carbocycles. The van der Waals surface area contributed by atoms with Crippen molar-refractivity contribution in [2.45, 2.75) is 25.5 Å². The molecule has 0 saturated carbocycles. The third-order valence-electron chi connectivity index (χ3n) is 3.86. The Labute approximate surface area is 135 Å². The van der Waals surface area contributed by atoms with E-state index in [9.17, 15) is 0 Å². The first-order valence-electron chi connectivity index (χ1n) is 7.00. The van der Waals surface area contributed by atoms with Gasteiger partial charge in [-0.2, -0.15) is 0 Å². The second-order valence-corrected chi connectivity index (χ2v) is 6.19. The van der Waals surface area contributed by atoms with E-state index in [0.29, 0.717) is 16.8 Å². The Balaban J connectivity index is 1.79. The Hall–Kier alpha value is -1.06. The van der Waals surface area contributed by atoms with E-state index in [4.69, 9.17) is 27.9 Å². The topological polar surface area (TPSA) is 21.3 Å². The zero-order valence-electron chi connectivity index (χ0n) is 11.8. The maximum Gasteiger partial charge on any atom is 0.0978 e. The second-order valence-electron chi connectivity index (χ2n) is 5.38. The van der Waals surface area contributed by atoms with Gasteiger partial charge in [-0.25, -0.2) is 0 Å². The van der Waals surface area contributed by atoms with Gasteiger partial charge in [-0.05, 0) is 36.6 Å². The van der Waals surface area contributed by atoms with Crippen LogP contribution in [0.4, 0.5) is 0 Å². The molecule has 0 amide bonds. The lowest BCUT2D eigenvalue weighted by atomic mass is 9.95. The summed E-state index contributed by atoms with van der Waals surface area (Å²) in [5.74, 6) is 0. The number of halogens is 2. The fourth-order valence-corrected chi connectivity index (χ4v) is 2.92. The van der Waals surface area contributed by atoms with Gasteiger partial charge >= 0.3 is 0 Å². The van der Waals surface area contributed by atoms with E-state index < -0.39 is 0 Å². The Bertz CT molecular complexity index is 627. The van der Waals surface area contributed by atoms with E-state index in [-0.39, 0.29) is 12.1 Å². The molecule has 0 radical (unpaired) electrons. The van der Waals surface area contributed by atoms with Crippen LogP contribution in [0.1, 0.15) is 35.3 Å². The Morgan fingerprint density at radius 2 is 1.71 bits per heavy atom. The highest BCUT2D eigenvalue weighted by molar-refractivity contribution is 6.42. The van der Waals surface area contributed by atoms with Crippen molar-refractivity contribution in [2.24, 2.45) is 0 Å². The second kappa shape index (κ2) is 6.37. The summed E-state index contributed by atoms with van der Waals surface area (Å²) in [4.78, 5) is 0. The maximum atomic E-state index is 6.11. The number of nitrogens with one attached hydrogen (secondary N) is 1. The summed E-state index contributed by atoms with van der Waals surface area (Å²) in [5.41, 5.74) is 3.62. The predicted octanol–water partition coefficient (Wildman–Crippen LogP) is 5.05. The standard InChI is InChI=1S/C17H17Cl2NO/c1-11-2-4-12(5-3-11)17-9-16(20-10-21-17)13-6-7-14(18)15(19)8-13/h2-8,16-17,20H,9-10H2,1H3/t16-,17+/m1/s1. The molecule has 21 heavy (non-hydrogen) atoms. The van der Waals surface area contributed by atoms with Crippen LogP contribution in [-0.2, 0) is 4.74 Å². The number of rotatable bonds is 2. The van der Waals surface area contributed by atoms with Gasteiger partial charge in [0.2, 0.25) is 0 Å². The van der Waals surface area contributed by atoms with Crippen molar-refractivity contribution in [1.29, 1.82) is 0 Å². The quantitative estimate of drug-likeness (QED) is 0.835. The highest BCUT2D eigenvalue weighted by atomic mass is 35.5. The third kappa shape index (κ3) is 3.41. The van der Waals surface area contributed by atoms with Crippen LogP contribution in [0.2, 0.25) is 10.0 Å². The van der Waals surface area contributed by atoms with Gasteiger partial charge in [-0.1, -0.05) is 59.1 Å². The van der Waals surface area contributed by atoms with Crippen molar-refractivity contribution < 1.29 is 4.74 Å². The van der Waals surface area contributed by atoms with Crippen molar-refractivity contribution in [1.82, 2.24) is 5.32 Å². The molecule has 1 heterocycles. The van der Waals surface area contributed by atoms with Crippen LogP contribution in [0.5, 0.6) is 0 Å². The van der Waals surface area contributed by atoms with Crippen molar-refractivity contribution in [3.8, 4) is 0 Å². The molecule has 110 valence electrons. The third-order valence-corrected chi connectivity index (χ3v) is 4.60. The van der Waals surface area contributed by atoms with E-state index in [1.54, 1.807) is 0 Å². The van der Waals surface area contributed by atoms with E-state index >= 15 is 0 Å². The van der Waals surface area contributed by atoms with E-state index in [0.717, 1.165) is 12.0 Å². The van der Waals surface area contributed by atoms with E-state index in [1.807, 2.05) is 18.2 Å². The fraction of sp³-hybridized carbons (Fsp3) is 0.294. The maximum absolute atomic E-state index is 6.11. The highest BCUT2D eigenvalue weighted by Gasteiger charge is 2.24. The Morgan fingerprint density at radius 3 is 2.43 bits per heavy atom. The zero-order valence-corrected chi connectivity index (χ0v) is 13.3. The lowest BCUT2D eigenvalue weighted by molar-refractivity contribution is -0.0140. The molecule has 1 aliphatic heterocycles. The molecule has 1 fully saturated rings. The summed E-state index contributed by atoms with van der Waals surface area (Å²) in [7, 11) is 0. The summed E-state index contributed by atoms with van der Waals surface area (Å²) in [6, 6.07) is 14.5. The minimum atomic E-state index is 0.103. The minimum Gasteiger partial charge on any atom is -0.358 e. The largest absolute Gasteiger partial charge is 0.358 e. The van der Waals surface area contributed by atoms with Gasteiger partial charge in [0, 0.05) is 6.04 Å². The SMILES string of the molecule is Cc1ccc([C@@H]2C[C@H](c3ccc(Cl)c(Cl)c3)NCO2)cc1. The highest BCUT2D eigenvalue weighted by Crippen LogP contribution is 2.34. The van der Waals surface area contributed by atoms with Crippen LogP contribution in [0.3, 0.4) is 0 Å². The first-order chi connectivity index (χ1) is 10.1. The minimum absolute atomic E-state index is 0.103. The van der Waals surface area contributed by atoms with Crippen molar-refractivity contribution in [3.63, 3.8) is 0 Å². The van der Waals surface area contributed by atoms with Crippen molar-refractivity contribution >= 4 is 23.2 Å². The molecule has 4 heteroatoms. The number of hydrogen-bond donors (Lipinski definition) is 1. The number of hydrogen-bond acceptors (Lipinski definition) is 2. The molecule has 3 rings (SSSR count). The van der Waals surface area contributed by atoms with E-state index in [1.165, 1.54) is 11.1 Å². The number of aryl methyl sites for hydroxylation is 1. The van der Waals surface area contributed by atoms with Gasteiger partial charge in [0.05, 0.1) is 22.9 Å². The van der Waals surface area contributed by atoms with E-state index in [2.05, 4.69) is 36.5 Å². The van der Waals surface area contributed by atoms with Gasteiger partial charge in [0.15, 0.2) is 0 Å². The van der Waals surface area contributed by atoms with Gasteiger partial charge in [-0.15, -0.1) is 0 Å². The average Bonchev–Trinajstić information content (AvgIpc) is 2.51. The molecule has 2 aromatic rings. The number of benzene rings is 2. The molecule has 1 saturated heterocycles. The number of ether oxygens (including phenoxy) is 1. The van der Waals surface area contributed by atoms with Gasteiger partial charge in [-0.3, -0.25) is 5.32 Å². The molecule has 0 aliphatic carbocycles. The van der Waals surface area contributed by atoms with Crippen LogP contribution in [0.15, 0.2) is 42.5 Å². The molecular weight excluding hydrogens is 305 g/mol. The smallest absolute Gasteiger partial charge is 0.0978 e.